The zero-order valence-electron chi connectivity index (χ0n) is 15.7. The molecule has 0 aliphatic carbocycles. The van der Waals surface area contributed by atoms with Gasteiger partial charge in [0.05, 0.1) is 11.3 Å². The van der Waals surface area contributed by atoms with E-state index in [1.807, 2.05) is 32.0 Å². The van der Waals surface area contributed by atoms with Crippen LogP contribution in [-0.2, 0) is 17.5 Å². The van der Waals surface area contributed by atoms with Gasteiger partial charge in [-0.2, -0.15) is 18.3 Å². The van der Waals surface area contributed by atoms with E-state index in [1.165, 1.54) is 6.07 Å². The van der Waals surface area contributed by atoms with E-state index < -0.39 is 23.2 Å². The first-order valence-electron chi connectivity index (χ1n) is 8.76. The highest BCUT2D eigenvalue weighted by atomic mass is 19.4. The number of hydrogen-bond donors (Lipinski definition) is 1. The van der Waals surface area contributed by atoms with Crippen LogP contribution < -0.4 is 10.9 Å². The molecule has 1 heterocycles. The summed E-state index contributed by atoms with van der Waals surface area (Å²) in [4.78, 5) is 24.3. The second-order valence-corrected chi connectivity index (χ2v) is 6.66. The maximum absolute atomic E-state index is 12.6. The molecule has 8 heteroatoms. The molecular formula is C21H18F3N3O2. The Hall–Kier alpha value is -3.42. The molecule has 5 nitrogen and oxygen atoms in total. The Kier molecular flexibility index (Phi) is 5.54. The Balaban J connectivity index is 1.78. The van der Waals surface area contributed by atoms with Crippen molar-refractivity contribution in [1.29, 1.82) is 0 Å². The van der Waals surface area contributed by atoms with Crippen molar-refractivity contribution in [2.75, 3.05) is 5.32 Å². The van der Waals surface area contributed by atoms with Crippen molar-refractivity contribution in [2.45, 2.75) is 26.6 Å². The zero-order valence-corrected chi connectivity index (χ0v) is 15.7. The Morgan fingerprint density at radius 3 is 2.38 bits per heavy atom. The summed E-state index contributed by atoms with van der Waals surface area (Å²) < 4.78 is 38.9. The Bertz CT molecular complexity index is 1100. The van der Waals surface area contributed by atoms with Gasteiger partial charge in [0.15, 0.2) is 0 Å². The van der Waals surface area contributed by atoms with Gasteiger partial charge in [-0.3, -0.25) is 9.59 Å². The van der Waals surface area contributed by atoms with Crippen LogP contribution in [0.15, 0.2) is 59.4 Å². The monoisotopic (exact) mass is 401 g/mol. The van der Waals surface area contributed by atoms with Crippen molar-refractivity contribution in [1.82, 2.24) is 9.78 Å². The molecule has 0 saturated heterocycles. The number of halogens is 3. The molecule has 1 amide bonds. The smallest absolute Gasteiger partial charge is 0.324 e. The number of nitrogens with zero attached hydrogens (tertiary/aromatic N) is 2. The summed E-state index contributed by atoms with van der Waals surface area (Å²) in [5, 5.41) is 6.74. The van der Waals surface area contributed by atoms with Crippen molar-refractivity contribution in [3.8, 4) is 11.3 Å². The molecule has 2 aromatic carbocycles. The van der Waals surface area contributed by atoms with Gasteiger partial charge in [-0.05, 0) is 55.8 Å². The topological polar surface area (TPSA) is 64.0 Å². The van der Waals surface area contributed by atoms with Crippen LogP contribution >= 0.6 is 0 Å². The van der Waals surface area contributed by atoms with E-state index in [-0.39, 0.29) is 12.2 Å². The molecule has 29 heavy (non-hydrogen) atoms. The lowest BCUT2D eigenvalue weighted by atomic mass is 10.0. The van der Waals surface area contributed by atoms with Crippen LogP contribution in [0.4, 0.5) is 18.9 Å². The van der Waals surface area contributed by atoms with Gasteiger partial charge < -0.3 is 5.32 Å². The molecule has 150 valence electrons. The number of amides is 1. The van der Waals surface area contributed by atoms with E-state index in [0.29, 0.717) is 5.69 Å². The van der Waals surface area contributed by atoms with Crippen LogP contribution in [-0.4, -0.2) is 15.7 Å². The van der Waals surface area contributed by atoms with Crippen LogP contribution in [0.3, 0.4) is 0 Å². The Morgan fingerprint density at radius 1 is 1.03 bits per heavy atom. The summed E-state index contributed by atoms with van der Waals surface area (Å²) in [6.45, 7) is 3.50. The SMILES string of the molecule is Cc1ccc(C)c(-c2ccc(=O)n(CC(=O)Nc3ccc(C(F)(F)F)cc3)n2)c1. The second-order valence-electron chi connectivity index (χ2n) is 6.66. The summed E-state index contributed by atoms with van der Waals surface area (Å²) in [6, 6.07) is 12.8. The average Bonchev–Trinajstić information content (AvgIpc) is 2.65. The zero-order chi connectivity index (χ0) is 21.2. The molecule has 1 aromatic heterocycles. The van der Waals surface area contributed by atoms with Crippen molar-refractivity contribution in [3.63, 3.8) is 0 Å². The third kappa shape index (κ3) is 4.90. The molecule has 0 saturated carbocycles. The van der Waals surface area contributed by atoms with Gasteiger partial charge in [0.1, 0.15) is 6.54 Å². The van der Waals surface area contributed by atoms with E-state index in [4.69, 9.17) is 0 Å². The van der Waals surface area contributed by atoms with Crippen LogP contribution in [0.25, 0.3) is 11.3 Å². The minimum atomic E-state index is -4.45. The van der Waals surface area contributed by atoms with Gasteiger partial charge in [-0.25, -0.2) is 4.68 Å². The number of aromatic nitrogens is 2. The summed E-state index contributed by atoms with van der Waals surface area (Å²) in [6.07, 6.45) is -4.45. The van der Waals surface area contributed by atoms with Gasteiger partial charge in [0.25, 0.3) is 5.56 Å². The molecule has 3 aromatic rings. The van der Waals surface area contributed by atoms with Gasteiger partial charge >= 0.3 is 6.18 Å². The molecule has 0 aliphatic rings. The number of aryl methyl sites for hydroxylation is 2. The minimum absolute atomic E-state index is 0.196. The van der Waals surface area contributed by atoms with Crippen molar-refractivity contribution in [2.24, 2.45) is 0 Å². The molecule has 0 aliphatic heterocycles. The van der Waals surface area contributed by atoms with E-state index in [0.717, 1.165) is 45.6 Å². The molecule has 0 atom stereocenters. The van der Waals surface area contributed by atoms with Crippen LogP contribution in [0.1, 0.15) is 16.7 Å². The summed E-state index contributed by atoms with van der Waals surface area (Å²) >= 11 is 0. The maximum Gasteiger partial charge on any atom is 0.416 e. The number of alkyl halides is 3. The van der Waals surface area contributed by atoms with Crippen molar-refractivity contribution >= 4 is 11.6 Å². The fraction of sp³-hybridized carbons (Fsp3) is 0.190. The number of anilines is 1. The first-order chi connectivity index (χ1) is 13.6. The molecule has 0 spiro atoms. The molecule has 0 unspecified atom stereocenters. The molecule has 1 N–H and O–H groups in total. The highest BCUT2D eigenvalue weighted by molar-refractivity contribution is 5.90. The molecule has 0 fully saturated rings. The lowest BCUT2D eigenvalue weighted by Gasteiger charge is -2.11. The number of hydrogen-bond acceptors (Lipinski definition) is 3. The number of carbonyl (C=O) groups excluding carboxylic acids is 1. The number of carbonyl (C=O) groups is 1. The quantitative estimate of drug-likeness (QED) is 0.713. The molecule has 3 rings (SSSR count). The lowest BCUT2D eigenvalue weighted by molar-refractivity contribution is -0.137. The van der Waals surface area contributed by atoms with Gasteiger partial charge in [0.2, 0.25) is 5.91 Å². The maximum atomic E-state index is 12.6. The highest BCUT2D eigenvalue weighted by Gasteiger charge is 2.30. The fourth-order valence-corrected chi connectivity index (χ4v) is 2.80. The van der Waals surface area contributed by atoms with E-state index in [9.17, 15) is 22.8 Å². The molecule has 0 bridgehead atoms. The fourth-order valence-electron chi connectivity index (χ4n) is 2.80. The van der Waals surface area contributed by atoms with Crippen LogP contribution in [0.5, 0.6) is 0 Å². The largest absolute Gasteiger partial charge is 0.416 e. The van der Waals surface area contributed by atoms with Gasteiger partial charge in [-0.1, -0.05) is 17.7 Å². The van der Waals surface area contributed by atoms with Crippen LogP contribution in [0, 0.1) is 13.8 Å². The average molecular weight is 401 g/mol. The summed E-state index contributed by atoms with van der Waals surface area (Å²) in [5.74, 6) is -0.572. The summed E-state index contributed by atoms with van der Waals surface area (Å²) in [7, 11) is 0. The lowest BCUT2D eigenvalue weighted by Crippen LogP contribution is -2.29. The Morgan fingerprint density at radius 2 is 1.72 bits per heavy atom. The number of nitrogens with one attached hydrogen (secondary N) is 1. The molecule has 0 radical (unpaired) electrons. The number of benzene rings is 2. The second kappa shape index (κ2) is 7.90. The van der Waals surface area contributed by atoms with E-state index >= 15 is 0 Å². The van der Waals surface area contributed by atoms with Gasteiger partial charge in [0, 0.05) is 17.3 Å². The molecular weight excluding hydrogens is 383 g/mol. The van der Waals surface area contributed by atoms with Gasteiger partial charge in [-0.15, -0.1) is 0 Å². The summed E-state index contributed by atoms with van der Waals surface area (Å²) in [5.41, 5.74) is 2.33. The highest BCUT2D eigenvalue weighted by Crippen LogP contribution is 2.29. The van der Waals surface area contributed by atoms with Crippen molar-refractivity contribution in [3.05, 3.63) is 81.6 Å². The first kappa shape index (κ1) is 20.3. The Labute approximate surface area is 164 Å². The predicted octanol–water partition coefficient (Wildman–Crippen LogP) is 4.18. The van der Waals surface area contributed by atoms with E-state index in [1.54, 1.807) is 6.07 Å². The standard InChI is InChI=1S/C21H18F3N3O2/c1-13-3-4-14(2)17(11-13)18-9-10-20(29)27(26-18)12-19(28)25-16-7-5-15(6-8-16)21(22,23)24/h3-11H,12H2,1-2H3,(H,25,28). The van der Waals surface area contributed by atoms with E-state index in [2.05, 4.69) is 10.4 Å². The predicted molar refractivity (Wildman–Crippen MR) is 103 cm³/mol. The minimum Gasteiger partial charge on any atom is -0.324 e. The third-order valence-corrected chi connectivity index (χ3v) is 4.33. The van der Waals surface area contributed by atoms with Crippen LogP contribution in [0.2, 0.25) is 0 Å². The normalized spacial score (nSPS) is 11.3. The van der Waals surface area contributed by atoms with Crippen molar-refractivity contribution < 1.29 is 18.0 Å². The number of rotatable bonds is 4. The first-order valence-corrected chi connectivity index (χ1v) is 8.76. The third-order valence-electron chi connectivity index (χ3n) is 4.33.